The second kappa shape index (κ2) is 6.60. The van der Waals surface area contributed by atoms with E-state index in [1.165, 1.54) is 16.2 Å². The summed E-state index contributed by atoms with van der Waals surface area (Å²) < 4.78 is 0. The normalized spacial score (nSPS) is 20.1. The molecule has 0 aliphatic carbocycles. The minimum atomic E-state index is 0.525. The Hall–Kier alpha value is -0.510. The monoisotopic (exact) mass is 264 g/mol. The lowest BCUT2D eigenvalue weighted by molar-refractivity contribution is 0.264. The van der Waals surface area contributed by atoms with Crippen LogP contribution in [0.1, 0.15) is 32.4 Å². The van der Waals surface area contributed by atoms with Gasteiger partial charge in [-0.15, -0.1) is 11.8 Å². The van der Waals surface area contributed by atoms with Crippen LogP contribution in [0.5, 0.6) is 0 Å². The number of thioether (sulfide) groups is 1. The molecule has 0 spiro atoms. The summed E-state index contributed by atoms with van der Waals surface area (Å²) in [5.74, 6) is 1.17. The number of likely N-dealkylation sites (N-methyl/N-ethyl adjacent to an activating group) is 1. The fourth-order valence-corrected chi connectivity index (χ4v) is 3.74. The van der Waals surface area contributed by atoms with E-state index >= 15 is 0 Å². The fraction of sp³-hybridized carbons (Fsp3) is 0.600. The molecule has 100 valence electrons. The summed E-state index contributed by atoms with van der Waals surface area (Å²) in [6.45, 7) is 10.2. The molecule has 1 aliphatic heterocycles. The second-order valence-electron chi connectivity index (χ2n) is 4.95. The summed E-state index contributed by atoms with van der Waals surface area (Å²) in [7, 11) is 0. The third kappa shape index (κ3) is 3.28. The quantitative estimate of drug-likeness (QED) is 0.849. The van der Waals surface area contributed by atoms with Crippen LogP contribution in [0.25, 0.3) is 0 Å². The Bertz CT molecular complexity index is 377. The summed E-state index contributed by atoms with van der Waals surface area (Å²) in [6, 6.07) is 9.84. The van der Waals surface area contributed by atoms with Gasteiger partial charge in [0.2, 0.25) is 0 Å². The third-order valence-corrected chi connectivity index (χ3v) is 4.79. The SMILES string of the molecule is CCN(CC)CC(C)NC1CSc2ccccc21. The maximum Gasteiger partial charge on any atom is 0.0429 e. The first-order chi connectivity index (χ1) is 8.74. The first-order valence-electron chi connectivity index (χ1n) is 6.94. The smallest absolute Gasteiger partial charge is 0.0429 e. The standard InChI is InChI=1S/C15H24N2S/c1-4-17(5-2)10-12(3)16-14-11-18-15-9-7-6-8-13(14)15/h6-9,12,14,16H,4-5,10-11H2,1-3H3. The van der Waals surface area contributed by atoms with Crippen molar-refractivity contribution in [2.24, 2.45) is 0 Å². The zero-order valence-electron chi connectivity index (χ0n) is 11.6. The highest BCUT2D eigenvalue weighted by Crippen LogP contribution is 2.37. The lowest BCUT2D eigenvalue weighted by atomic mass is 10.1. The molecule has 0 saturated carbocycles. The van der Waals surface area contributed by atoms with E-state index in [0.717, 1.165) is 19.6 Å². The predicted octanol–water partition coefficient (Wildman–Crippen LogP) is 3.15. The summed E-state index contributed by atoms with van der Waals surface area (Å²) >= 11 is 1.97. The Morgan fingerprint density at radius 2 is 2.06 bits per heavy atom. The number of benzene rings is 1. The maximum atomic E-state index is 3.77. The van der Waals surface area contributed by atoms with E-state index < -0.39 is 0 Å². The molecule has 2 unspecified atom stereocenters. The molecule has 2 rings (SSSR count). The van der Waals surface area contributed by atoms with E-state index in [-0.39, 0.29) is 0 Å². The molecular weight excluding hydrogens is 240 g/mol. The Morgan fingerprint density at radius 3 is 2.78 bits per heavy atom. The molecule has 18 heavy (non-hydrogen) atoms. The first-order valence-corrected chi connectivity index (χ1v) is 7.93. The molecule has 0 fully saturated rings. The van der Waals surface area contributed by atoms with E-state index in [9.17, 15) is 0 Å². The van der Waals surface area contributed by atoms with Gasteiger partial charge in [-0.05, 0) is 31.6 Å². The Morgan fingerprint density at radius 1 is 1.33 bits per heavy atom. The van der Waals surface area contributed by atoms with E-state index in [2.05, 4.69) is 55.3 Å². The predicted molar refractivity (Wildman–Crippen MR) is 80.3 cm³/mol. The van der Waals surface area contributed by atoms with Gasteiger partial charge in [0.05, 0.1) is 0 Å². The zero-order chi connectivity index (χ0) is 13.0. The average Bonchev–Trinajstić information content (AvgIpc) is 2.79. The topological polar surface area (TPSA) is 15.3 Å². The average molecular weight is 264 g/mol. The zero-order valence-corrected chi connectivity index (χ0v) is 12.5. The molecular formula is C15H24N2S. The van der Waals surface area contributed by atoms with E-state index in [1.807, 2.05) is 11.8 Å². The number of hydrogen-bond acceptors (Lipinski definition) is 3. The molecule has 0 radical (unpaired) electrons. The van der Waals surface area contributed by atoms with Crippen LogP contribution in [0.2, 0.25) is 0 Å². The summed E-state index contributed by atoms with van der Waals surface area (Å²) in [4.78, 5) is 3.93. The van der Waals surface area contributed by atoms with Gasteiger partial charge in [-0.1, -0.05) is 32.0 Å². The third-order valence-electron chi connectivity index (χ3n) is 3.61. The maximum absolute atomic E-state index is 3.77. The highest BCUT2D eigenvalue weighted by atomic mass is 32.2. The van der Waals surface area contributed by atoms with Gasteiger partial charge in [0.25, 0.3) is 0 Å². The minimum absolute atomic E-state index is 0.525. The van der Waals surface area contributed by atoms with Gasteiger partial charge in [-0.3, -0.25) is 0 Å². The van der Waals surface area contributed by atoms with Crippen LogP contribution in [-0.2, 0) is 0 Å². The number of rotatable bonds is 6. The van der Waals surface area contributed by atoms with Crippen molar-refractivity contribution in [3.63, 3.8) is 0 Å². The minimum Gasteiger partial charge on any atom is -0.305 e. The summed E-state index contributed by atoms with van der Waals surface area (Å²) in [5, 5.41) is 3.77. The highest BCUT2D eigenvalue weighted by Gasteiger charge is 2.23. The van der Waals surface area contributed by atoms with Crippen LogP contribution in [-0.4, -0.2) is 36.3 Å². The second-order valence-corrected chi connectivity index (χ2v) is 6.02. The van der Waals surface area contributed by atoms with Crippen molar-refractivity contribution in [2.75, 3.05) is 25.4 Å². The number of fused-ring (bicyclic) bond motifs is 1. The van der Waals surface area contributed by atoms with Crippen molar-refractivity contribution in [1.29, 1.82) is 0 Å². The van der Waals surface area contributed by atoms with Crippen molar-refractivity contribution in [3.05, 3.63) is 29.8 Å². The number of nitrogens with zero attached hydrogens (tertiary/aromatic N) is 1. The Kier molecular flexibility index (Phi) is 5.10. The lowest BCUT2D eigenvalue weighted by Crippen LogP contribution is -2.40. The summed E-state index contributed by atoms with van der Waals surface area (Å²) in [6.07, 6.45) is 0. The van der Waals surface area contributed by atoms with Crippen LogP contribution in [0, 0.1) is 0 Å². The first kappa shape index (κ1) is 13.9. The number of nitrogens with one attached hydrogen (secondary N) is 1. The Labute approximate surface area is 115 Å². The molecule has 1 aliphatic rings. The van der Waals surface area contributed by atoms with Gasteiger partial charge in [0.15, 0.2) is 0 Å². The molecule has 1 heterocycles. The van der Waals surface area contributed by atoms with Crippen molar-refractivity contribution in [2.45, 2.75) is 37.8 Å². The lowest BCUT2D eigenvalue weighted by Gasteiger charge is -2.26. The molecule has 3 heteroatoms. The molecule has 2 nitrogen and oxygen atoms in total. The van der Waals surface area contributed by atoms with Gasteiger partial charge in [0.1, 0.15) is 0 Å². The van der Waals surface area contributed by atoms with Gasteiger partial charge in [-0.25, -0.2) is 0 Å². The van der Waals surface area contributed by atoms with Crippen molar-refractivity contribution < 1.29 is 0 Å². The van der Waals surface area contributed by atoms with Crippen LogP contribution in [0.4, 0.5) is 0 Å². The number of hydrogen-bond donors (Lipinski definition) is 1. The van der Waals surface area contributed by atoms with E-state index in [4.69, 9.17) is 0 Å². The molecule has 2 atom stereocenters. The van der Waals surface area contributed by atoms with Crippen LogP contribution >= 0.6 is 11.8 Å². The van der Waals surface area contributed by atoms with E-state index in [1.54, 1.807) is 0 Å². The molecule has 0 saturated heterocycles. The highest BCUT2D eigenvalue weighted by molar-refractivity contribution is 7.99. The van der Waals surface area contributed by atoms with Gasteiger partial charge < -0.3 is 10.2 Å². The van der Waals surface area contributed by atoms with Crippen LogP contribution in [0.15, 0.2) is 29.2 Å². The van der Waals surface area contributed by atoms with Crippen LogP contribution in [0.3, 0.4) is 0 Å². The Balaban J connectivity index is 1.91. The van der Waals surface area contributed by atoms with Crippen molar-refractivity contribution >= 4 is 11.8 Å². The van der Waals surface area contributed by atoms with Crippen molar-refractivity contribution in [3.8, 4) is 0 Å². The molecule has 0 amide bonds. The molecule has 1 N–H and O–H groups in total. The largest absolute Gasteiger partial charge is 0.305 e. The molecule has 1 aromatic carbocycles. The molecule has 0 bridgehead atoms. The molecule has 0 aromatic heterocycles. The molecule has 1 aromatic rings. The fourth-order valence-electron chi connectivity index (χ4n) is 2.57. The van der Waals surface area contributed by atoms with Gasteiger partial charge in [-0.2, -0.15) is 0 Å². The van der Waals surface area contributed by atoms with E-state index in [0.29, 0.717) is 12.1 Å². The van der Waals surface area contributed by atoms with Gasteiger partial charge in [0, 0.05) is 29.3 Å². The van der Waals surface area contributed by atoms with Crippen LogP contribution < -0.4 is 5.32 Å². The van der Waals surface area contributed by atoms with Crippen molar-refractivity contribution in [1.82, 2.24) is 10.2 Å². The summed E-state index contributed by atoms with van der Waals surface area (Å²) in [5.41, 5.74) is 1.48. The van der Waals surface area contributed by atoms with Gasteiger partial charge >= 0.3 is 0 Å².